The minimum atomic E-state index is -0.410. The van der Waals surface area contributed by atoms with Crippen LogP contribution in [-0.4, -0.2) is 19.2 Å². The van der Waals surface area contributed by atoms with Gasteiger partial charge in [0.15, 0.2) is 0 Å². The van der Waals surface area contributed by atoms with Crippen LogP contribution in [0.2, 0.25) is 0 Å². The van der Waals surface area contributed by atoms with Gasteiger partial charge in [0.1, 0.15) is 5.75 Å². The van der Waals surface area contributed by atoms with E-state index in [1.165, 1.54) is 0 Å². The Kier molecular flexibility index (Phi) is 4.88. The summed E-state index contributed by atoms with van der Waals surface area (Å²) >= 11 is 0. The average molecular weight is 300 g/mol. The maximum Gasteiger partial charge on any atom is 0.340 e. The number of carbonyl (C=O) groups excluding carboxylic acids is 1. The number of esters is 1. The number of anilines is 3. The van der Waals surface area contributed by atoms with Crippen molar-refractivity contribution in [1.82, 2.24) is 0 Å². The first-order valence-corrected chi connectivity index (χ1v) is 7.01. The summed E-state index contributed by atoms with van der Waals surface area (Å²) in [5, 5.41) is 3.19. The number of nitrogens with two attached hydrogens (primary N) is 1. The van der Waals surface area contributed by atoms with Crippen molar-refractivity contribution in [2.45, 2.75) is 20.0 Å². The standard InChI is InChI=1S/C17H20N2O3/c1-11(2)22-17(20)15-9-12(18)7-8-16(15)19-13-5-4-6-14(10-13)21-3/h4-11,19H,18H2,1-3H3. The van der Waals surface area contributed by atoms with Crippen LogP contribution < -0.4 is 15.8 Å². The molecule has 0 aliphatic rings. The monoisotopic (exact) mass is 300 g/mol. The number of benzene rings is 2. The normalized spacial score (nSPS) is 10.4. The lowest BCUT2D eigenvalue weighted by atomic mass is 10.1. The van der Waals surface area contributed by atoms with Gasteiger partial charge < -0.3 is 20.5 Å². The molecular formula is C17H20N2O3. The number of ether oxygens (including phenoxy) is 2. The SMILES string of the molecule is COc1cccc(Nc2ccc(N)cc2C(=O)OC(C)C)c1. The van der Waals surface area contributed by atoms with Crippen molar-refractivity contribution < 1.29 is 14.3 Å². The summed E-state index contributed by atoms with van der Waals surface area (Å²) < 4.78 is 10.4. The molecule has 22 heavy (non-hydrogen) atoms. The highest BCUT2D eigenvalue weighted by Crippen LogP contribution is 2.26. The molecule has 0 fully saturated rings. The molecule has 0 bridgehead atoms. The van der Waals surface area contributed by atoms with Crippen LogP contribution in [0, 0.1) is 0 Å². The van der Waals surface area contributed by atoms with E-state index in [-0.39, 0.29) is 6.10 Å². The fraction of sp³-hybridized carbons (Fsp3) is 0.235. The molecule has 0 unspecified atom stereocenters. The molecule has 0 amide bonds. The fourth-order valence-electron chi connectivity index (χ4n) is 1.97. The maximum absolute atomic E-state index is 12.2. The molecule has 0 saturated carbocycles. The van der Waals surface area contributed by atoms with Crippen molar-refractivity contribution in [1.29, 1.82) is 0 Å². The lowest BCUT2D eigenvalue weighted by Crippen LogP contribution is -2.13. The molecule has 0 spiro atoms. The van der Waals surface area contributed by atoms with Gasteiger partial charge in [0.2, 0.25) is 0 Å². The Bertz CT molecular complexity index is 669. The van der Waals surface area contributed by atoms with Gasteiger partial charge in [-0.05, 0) is 44.2 Å². The van der Waals surface area contributed by atoms with Gasteiger partial charge in [-0.3, -0.25) is 0 Å². The average Bonchev–Trinajstić information content (AvgIpc) is 2.48. The number of methoxy groups -OCH3 is 1. The molecule has 0 radical (unpaired) electrons. The molecule has 0 aliphatic carbocycles. The Hall–Kier alpha value is -2.69. The molecule has 116 valence electrons. The zero-order valence-corrected chi connectivity index (χ0v) is 12.9. The number of hydrogen-bond acceptors (Lipinski definition) is 5. The molecule has 5 nitrogen and oxygen atoms in total. The van der Waals surface area contributed by atoms with Crippen molar-refractivity contribution in [3.8, 4) is 5.75 Å². The van der Waals surface area contributed by atoms with E-state index in [0.29, 0.717) is 16.9 Å². The highest BCUT2D eigenvalue weighted by molar-refractivity contribution is 5.97. The summed E-state index contributed by atoms with van der Waals surface area (Å²) in [4.78, 5) is 12.2. The van der Waals surface area contributed by atoms with Gasteiger partial charge in [-0.15, -0.1) is 0 Å². The Morgan fingerprint density at radius 2 is 1.95 bits per heavy atom. The summed E-state index contributed by atoms with van der Waals surface area (Å²) in [6.07, 6.45) is -0.196. The lowest BCUT2D eigenvalue weighted by molar-refractivity contribution is 0.0379. The molecular weight excluding hydrogens is 280 g/mol. The van der Waals surface area contributed by atoms with Gasteiger partial charge in [0.25, 0.3) is 0 Å². The minimum absolute atomic E-state index is 0.196. The van der Waals surface area contributed by atoms with Crippen molar-refractivity contribution in [3.05, 3.63) is 48.0 Å². The third-order valence-corrected chi connectivity index (χ3v) is 2.96. The van der Waals surface area contributed by atoms with Crippen LogP contribution in [0.3, 0.4) is 0 Å². The number of hydrogen-bond donors (Lipinski definition) is 2. The summed E-state index contributed by atoms with van der Waals surface area (Å²) in [5.74, 6) is 0.319. The van der Waals surface area contributed by atoms with E-state index in [1.54, 1.807) is 39.2 Å². The highest BCUT2D eigenvalue weighted by atomic mass is 16.5. The molecule has 5 heteroatoms. The maximum atomic E-state index is 12.2. The minimum Gasteiger partial charge on any atom is -0.497 e. The predicted octanol–water partition coefficient (Wildman–Crippen LogP) is 3.59. The highest BCUT2D eigenvalue weighted by Gasteiger charge is 2.15. The number of rotatable bonds is 5. The Balaban J connectivity index is 2.31. The van der Waals surface area contributed by atoms with E-state index in [0.717, 1.165) is 11.4 Å². The van der Waals surface area contributed by atoms with Crippen LogP contribution in [0.4, 0.5) is 17.1 Å². The number of nitrogen functional groups attached to an aromatic ring is 1. The first kappa shape index (κ1) is 15.7. The molecule has 0 heterocycles. The number of nitrogens with one attached hydrogen (secondary N) is 1. The van der Waals surface area contributed by atoms with Crippen molar-refractivity contribution in [3.63, 3.8) is 0 Å². The van der Waals surface area contributed by atoms with Crippen molar-refractivity contribution in [2.75, 3.05) is 18.2 Å². The third kappa shape index (κ3) is 3.91. The van der Waals surface area contributed by atoms with Crippen LogP contribution in [0.5, 0.6) is 5.75 Å². The molecule has 2 rings (SSSR count). The summed E-state index contributed by atoms with van der Waals surface area (Å²) in [5.41, 5.74) is 8.13. The van der Waals surface area contributed by atoms with Crippen LogP contribution >= 0.6 is 0 Å². The smallest absolute Gasteiger partial charge is 0.340 e. The third-order valence-electron chi connectivity index (χ3n) is 2.96. The summed E-state index contributed by atoms with van der Waals surface area (Å²) in [6, 6.07) is 12.5. The molecule has 2 aromatic carbocycles. The first-order chi connectivity index (χ1) is 10.5. The molecule has 0 atom stereocenters. The van der Waals surface area contributed by atoms with Crippen LogP contribution in [0.1, 0.15) is 24.2 Å². The van der Waals surface area contributed by atoms with E-state index in [9.17, 15) is 4.79 Å². The van der Waals surface area contributed by atoms with Gasteiger partial charge in [0.05, 0.1) is 24.5 Å². The lowest BCUT2D eigenvalue weighted by Gasteiger charge is -2.14. The Morgan fingerprint density at radius 1 is 1.18 bits per heavy atom. The second kappa shape index (κ2) is 6.85. The second-order valence-electron chi connectivity index (χ2n) is 5.12. The Morgan fingerprint density at radius 3 is 2.64 bits per heavy atom. The first-order valence-electron chi connectivity index (χ1n) is 7.01. The van der Waals surface area contributed by atoms with Crippen LogP contribution in [0.15, 0.2) is 42.5 Å². The van der Waals surface area contributed by atoms with E-state index < -0.39 is 5.97 Å². The van der Waals surface area contributed by atoms with Gasteiger partial charge in [-0.1, -0.05) is 6.07 Å². The van der Waals surface area contributed by atoms with Gasteiger partial charge in [-0.25, -0.2) is 4.79 Å². The Labute approximate surface area is 130 Å². The molecule has 0 saturated heterocycles. The van der Waals surface area contributed by atoms with Crippen molar-refractivity contribution >= 4 is 23.0 Å². The second-order valence-corrected chi connectivity index (χ2v) is 5.12. The zero-order valence-electron chi connectivity index (χ0n) is 12.9. The fourth-order valence-corrected chi connectivity index (χ4v) is 1.97. The predicted molar refractivity (Wildman–Crippen MR) is 87.7 cm³/mol. The van der Waals surface area contributed by atoms with E-state index in [2.05, 4.69) is 5.32 Å². The van der Waals surface area contributed by atoms with Gasteiger partial charge in [0, 0.05) is 17.4 Å². The molecule has 0 aromatic heterocycles. The van der Waals surface area contributed by atoms with Crippen LogP contribution in [-0.2, 0) is 4.74 Å². The molecule has 3 N–H and O–H groups in total. The summed E-state index contributed by atoms with van der Waals surface area (Å²) in [6.45, 7) is 3.61. The largest absolute Gasteiger partial charge is 0.497 e. The van der Waals surface area contributed by atoms with Crippen LogP contribution in [0.25, 0.3) is 0 Å². The van der Waals surface area contributed by atoms with Crippen molar-refractivity contribution in [2.24, 2.45) is 0 Å². The zero-order chi connectivity index (χ0) is 16.1. The molecule has 2 aromatic rings. The van der Waals surface area contributed by atoms with E-state index >= 15 is 0 Å². The number of carbonyl (C=O) groups is 1. The van der Waals surface area contributed by atoms with Gasteiger partial charge >= 0.3 is 5.97 Å². The van der Waals surface area contributed by atoms with E-state index in [1.807, 2.05) is 24.3 Å². The molecule has 0 aliphatic heterocycles. The van der Waals surface area contributed by atoms with Gasteiger partial charge in [-0.2, -0.15) is 0 Å². The topological polar surface area (TPSA) is 73.6 Å². The summed E-state index contributed by atoms with van der Waals surface area (Å²) in [7, 11) is 1.60. The quantitative estimate of drug-likeness (QED) is 0.652. The van der Waals surface area contributed by atoms with E-state index in [4.69, 9.17) is 15.2 Å².